The van der Waals surface area contributed by atoms with Gasteiger partial charge in [0.05, 0.1) is 0 Å². The molecular weight excluding hydrogens is 666 g/mol. The molecule has 43 heavy (non-hydrogen) atoms. The van der Waals surface area contributed by atoms with Crippen molar-refractivity contribution in [2.45, 2.75) is 92.3 Å². The molecule has 0 aromatic heterocycles. The second-order valence-electron chi connectivity index (χ2n) is 15.3. The van der Waals surface area contributed by atoms with E-state index < -0.39 is 29.3 Å². The number of fused-ring (bicyclic) bond motifs is 3. The topological polar surface area (TPSA) is 0 Å². The van der Waals surface area contributed by atoms with E-state index in [0.29, 0.717) is 5.92 Å². The number of hydrogen-bond donors (Lipinski definition) is 0. The van der Waals surface area contributed by atoms with Crippen molar-refractivity contribution in [3.8, 4) is 11.1 Å². The molecule has 0 amide bonds. The predicted octanol–water partition coefficient (Wildman–Crippen LogP) is 3.82. The van der Waals surface area contributed by atoms with Crippen molar-refractivity contribution in [2.75, 3.05) is 0 Å². The van der Waals surface area contributed by atoms with Gasteiger partial charge >= 0.3 is 258 Å². The second kappa shape index (κ2) is 12.8. The van der Waals surface area contributed by atoms with Crippen molar-refractivity contribution in [1.82, 2.24) is 0 Å². The maximum atomic E-state index is 14.0. The third-order valence-corrected chi connectivity index (χ3v) is 18.9. The summed E-state index contributed by atoms with van der Waals surface area (Å²) in [7, 11) is -1.49. The minimum absolute atomic E-state index is 0. The molecular formula is C38H47Cl2FSiZr. The Hall–Kier alpha value is -1.38. The van der Waals surface area contributed by atoms with Gasteiger partial charge in [-0.25, -0.2) is 0 Å². The van der Waals surface area contributed by atoms with E-state index in [1.165, 1.54) is 27.8 Å². The van der Waals surface area contributed by atoms with Gasteiger partial charge in [0, 0.05) is 0 Å². The van der Waals surface area contributed by atoms with Crippen LogP contribution in [0.2, 0.25) is 19.6 Å². The Balaban J connectivity index is 0.00000253. The van der Waals surface area contributed by atoms with E-state index in [9.17, 15) is 4.39 Å². The molecule has 0 saturated carbocycles. The molecule has 228 valence electrons. The van der Waals surface area contributed by atoms with Gasteiger partial charge in [0.15, 0.2) is 0 Å². The first kappa shape index (κ1) is 36.1. The Bertz CT molecular complexity index is 1620. The number of halogens is 3. The first-order chi connectivity index (χ1) is 19.0. The van der Waals surface area contributed by atoms with Crippen LogP contribution < -0.4 is 28.1 Å². The molecule has 0 spiro atoms. The van der Waals surface area contributed by atoms with Gasteiger partial charge in [-0.3, -0.25) is 0 Å². The van der Waals surface area contributed by atoms with Crippen LogP contribution in [-0.4, -0.2) is 11.8 Å². The minimum atomic E-state index is -2.70. The summed E-state index contributed by atoms with van der Waals surface area (Å²) < 4.78 is 20.0. The van der Waals surface area contributed by atoms with Crippen molar-refractivity contribution in [2.24, 2.45) is 5.92 Å². The third-order valence-electron chi connectivity index (χ3n) is 8.98. The maximum Gasteiger partial charge on any atom is -1.00 e. The van der Waals surface area contributed by atoms with Crippen molar-refractivity contribution < 1.29 is 50.5 Å². The Morgan fingerprint density at radius 1 is 0.837 bits per heavy atom. The molecule has 0 N–H and O–H groups in total. The molecule has 0 radical (unpaired) electrons. The number of hydrogen-bond acceptors (Lipinski definition) is 0. The zero-order valence-electron chi connectivity index (χ0n) is 27.8. The standard InChI is InChI=1S/C21H25.C10H17Si.C7H5F.2ClH.Zr/c1-20(2,3)16-7-9-18-14(12-16)11-15-13-17(21(4,5)6)8-10-19(15)18;1-8-6-9(2)10(7-8)11(3,4)5;1-6-2-4-7(8)5-3-6;;;/h7-10,12H,11H2,1-6H3;7-8H,1-5H3;1-5H;2*1H;/q;;;;;+2/p-2. The Morgan fingerprint density at radius 2 is 1.44 bits per heavy atom. The average Bonchev–Trinajstić information content (AvgIpc) is 3.38. The van der Waals surface area contributed by atoms with E-state index >= 15 is 0 Å². The molecule has 2 aliphatic carbocycles. The van der Waals surface area contributed by atoms with Crippen LogP contribution in [0.4, 0.5) is 4.39 Å². The molecule has 3 aromatic carbocycles. The van der Waals surface area contributed by atoms with Crippen LogP contribution in [0.25, 0.3) is 11.1 Å². The molecule has 0 bridgehead atoms. The molecule has 0 fully saturated rings. The van der Waals surface area contributed by atoms with E-state index in [-0.39, 0.29) is 41.5 Å². The molecule has 2 aliphatic rings. The molecule has 1 atom stereocenters. The van der Waals surface area contributed by atoms with Crippen LogP contribution in [-0.2, 0) is 38.5 Å². The van der Waals surface area contributed by atoms with E-state index in [1.54, 1.807) is 35.0 Å². The smallest absolute Gasteiger partial charge is 1.00 e. The average molecular weight is 713 g/mol. The monoisotopic (exact) mass is 710 g/mol. The van der Waals surface area contributed by atoms with Crippen molar-refractivity contribution in [3.05, 3.63) is 108 Å². The van der Waals surface area contributed by atoms with Gasteiger partial charge in [-0.2, -0.15) is 0 Å². The Labute approximate surface area is 281 Å². The second-order valence-corrected chi connectivity index (χ2v) is 25.7. The van der Waals surface area contributed by atoms with Crippen molar-refractivity contribution >= 4 is 15.1 Å². The van der Waals surface area contributed by atoms with Gasteiger partial charge in [0.1, 0.15) is 0 Å². The van der Waals surface area contributed by atoms with Crippen LogP contribution in [0.3, 0.4) is 0 Å². The van der Waals surface area contributed by atoms with Crippen LogP contribution in [0.5, 0.6) is 0 Å². The van der Waals surface area contributed by atoms with E-state index in [2.05, 4.69) is 115 Å². The van der Waals surface area contributed by atoms with Crippen molar-refractivity contribution in [3.63, 3.8) is 0 Å². The van der Waals surface area contributed by atoms with Crippen LogP contribution >= 0.6 is 0 Å². The Morgan fingerprint density at radius 3 is 1.98 bits per heavy atom. The predicted molar refractivity (Wildman–Crippen MR) is 177 cm³/mol. The SMILES string of the molecule is CC1=[C](/[Zr+2](=[CH]/c2ccc(F)cc2)[c]2c(C(C)(C)C)ccc3c2Cc2cc(C(C)(C)C)ccc2-3)C(C)C=C1[Si](C)(C)C.[Cl-].[Cl-]. The van der Waals surface area contributed by atoms with E-state index in [0.717, 1.165) is 12.0 Å². The fourth-order valence-corrected chi connectivity index (χ4v) is 17.8. The van der Waals surface area contributed by atoms with Gasteiger partial charge in [-0.05, 0) is 0 Å². The molecule has 5 rings (SSSR count). The zero-order valence-corrected chi connectivity index (χ0v) is 32.7. The summed E-state index contributed by atoms with van der Waals surface area (Å²) in [6.07, 6.45) is 3.60. The summed E-state index contributed by atoms with van der Waals surface area (Å²) in [5.41, 5.74) is 11.7. The molecule has 0 heterocycles. The molecule has 0 aliphatic heterocycles. The van der Waals surface area contributed by atoms with Gasteiger partial charge in [-0.1, -0.05) is 0 Å². The van der Waals surface area contributed by atoms with Gasteiger partial charge < -0.3 is 24.8 Å². The molecule has 0 nitrogen and oxygen atoms in total. The largest absolute Gasteiger partial charge is 1.00 e. The minimum Gasteiger partial charge on any atom is -1.00 e. The molecule has 1 unspecified atom stereocenters. The maximum absolute atomic E-state index is 14.0. The van der Waals surface area contributed by atoms with Crippen LogP contribution in [0.1, 0.15) is 83.2 Å². The molecule has 0 saturated heterocycles. The summed E-state index contributed by atoms with van der Waals surface area (Å²) in [5.74, 6) is 0.281. The number of benzene rings is 3. The normalized spacial score (nSPS) is 16.4. The zero-order chi connectivity index (χ0) is 30.1. The van der Waals surface area contributed by atoms with Crippen molar-refractivity contribution in [1.29, 1.82) is 0 Å². The van der Waals surface area contributed by atoms with Gasteiger partial charge in [-0.15, -0.1) is 0 Å². The number of rotatable bonds is 4. The van der Waals surface area contributed by atoms with E-state index in [4.69, 9.17) is 0 Å². The van der Waals surface area contributed by atoms with Crippen LogP contribution in [0.15, 0.2) is 74.7 Å². The summed E-state index contributed by atoms with van der Waals surface area (Å²) in [6.45, 7) is 26.3. The fraction of sp³-hybridized carbons (Fsp3) is 0.395. The number of allylic oxidation sites excluding steroid dienone is 4. The summed E-state index contributed by atoms with van der Waals surface area (Å²) in [5, 5.41) is 1.63. The Kier molecular flexibility index (Phi) is 10.7. The summed E-state index contributed by atoms with van der Waals surface area (Å²) in [6, 6.07) is 19.3. The first-order valence-electron chi connectivity index (χ1n) is 15.2. The first-order valence-corrected chi connectivity index (χ1v) is 22.6. The quantitative estimate of drug-likeness (QED) is 0.283. The van der Waals surface area contributed by atoms with Crippen LogP contribution in [0, 0.1) is 11.7 Å². The summed E-state index contributed by atoms with van der Waals surface area (Å²) in [4.78, 5) is 0. The molecule has 3 aromatic rings. The summed E-state index contributed by atoms with van der Waals surface area (Å²) >= 11 is -2.70. The van der Waals surface area contributed by atoms with Gasteiger partial charge in [0.2, 0.25) is 0 Å². The van der Waals surface area contributed by atoms with E-state index in [1.807, 2.05) is 12.1 Å². The third kappa shape index (κ3) is 7.06. The van der Waals surface area contributed by atoms with Gasteiger partial charge in [0.25, 0.3) is 0 Å². The fourth-order valence-electron chi connectivity index (χ4n) is 6.89. The molecule has 5 heteroatoms.